The van der Waals surface area contributed by atoms with Gasteiger partial charge in [-0.15, -0.1) is 12.4 Å². The molecule has 0 aromatic heterocycles. The molecule has 0 radical (unpaired) electrons. The third kappa shape index (κ3) is 5.71. The number of amidine groups is 1. The zero-order valence-electron chi connectivity index (χ0n) is 15.6. The first-order valence-electron chi connectivity index (χ1n) is 8.48. The van der Waals surface area contributed by atoms with Crippen LogP contribution in [0.3, 0.4) is 0 Å². The molecule has 0 fully saturated rings. The van der Waals surface area contributed by atoms with Crippen molar-refractivity contribution in [3.8, 4) is 0 Å². The molecule has 9 heteroatoms. The molecule has 0 saturated carbocycles. The van der Waals surface area contributed by atoms with Crippen molar-refractivity contribution in [2.75, 3.05) is 17.7 Å². The van der Waals surface area contributed by atoms with Crippen LogP contribution in [0.1, 0.15) is 31.0 Å². The van der Waals surface area contributed by atoms with E-state index in [1.54, 1.807) is 50.2 Å². The Bertz CT molecular complexity index is 930. The number of ether oxygens (including phenoxy) is 1. The van der Waals surface area contributed by atoms with Crippen LogP contribution in [0.2, 0.25) is 0 Å². The topological polar surface area (TPSA) is 122 Å². The predicted octanol–water partition coefficient (Wildman–Crippen LogP) is 2.90. The van der Waals surface area contributed by atoms with E-state index >= 15 is 0 Å². The summed E-state index contributed by atoms with van der Waals surface area (Å²) in [5.74, 6) is -0.597. The summed E-state index contributed by atoms with van der Waals surface area (Å²) in [4.78, 5) is 12.6. The van der Waals surface area contributed by atoms with Gasteiger partial charge in [0.25, 0.3) is 0 Å². The van der Waals surface area contributed by atoms with Gasteiger partial charge in [-0.05, 0) is 48.9 Å². The second-order valence-corrected chi connectivity index (χ2v) is 8.07. The highest BCUT2D eigenvalue weighted by molar-refractivity contribution is 7.91. The molecule has 0 saturated heterocycles. The average Bonchev–Trinajstić information content (AvgIpc) is 2.66. The smallest absolute Gasteiger partial charge is 0.333 e. The Labute approximate surface area is 171 Å². The Morgan fingerprint density at radius 1 is 1.18 bits per heavy atom. The van der Waals surface area contributed by atoms with E-state index in [0.717, 1.165) is 0 Å². The predicted molar refractivity (Wildman–Crippen MR) is 112 cm³/mol. The Hall–Kier alpha value is -2.58. The Morgan fingerprint density at radius 3 is 2.36 bits per heavy atom. The second kappa shape index (κ2) is 10.1. The number of esters is 1. The minimum Gasteiger partial charge on any atom is -0.464 e. The molecule has 28 heavy (non-hydrogen) atoms. The van der Waals surface area contributed by atoms with Gasteiger partial charge in [-0.3, -0.25) is 5.41 Å². The van der Waals surface area contributed by atoms with E-state index in [-0.39, 0.29) is 35.5 Å². The van der Waals surface area contributed by atoms with Gasteiger partial charge in [0.1, 0.15) is 5.84 Å². The Kier molecular flexibility index (Phi) is 8.46. The number of halogens is 1. The Morgan fingerprint density at radius 2 is 1.82 bits per heavy atom. The number of sulfone groups is 1. The highest BCUT2D eigenvalue weighted by atomic mass is 35.5. The van der Waals surface area contributed by atoms with Crippen molar-refractivity contribution in [1.82, 2.24) is 0 Å². The molecule has 0 aliphatic heterocycles. The first-order chi connectivity index (χ1) is 12.8. The minimum atomic E-state index is -3.40. The summed E-state index contributed by atoms with van der Waals surface area (Å²) in [6.07, 6.45) is 0. The number of nitrogen functional groups attached to an aromatic ring is 1. The highest BCUT2D eigenvalue weighted by Gasteiger charge is 2.24. The van der Waals surface area contributed by atoms with Crippen molar-refractivity contribution in [2.45, 2.75) is 24.8 Å². The van der Waals surface area contributed by atoms with Crippen LogP contribution in [-0.4, -0.2) is 32.6 Å². The van der Waals surface area contributed by atoms with Crippen LogP contribution in [0.5, 0.6) is 0 Å². The van der Waals surface area contributed by atoms with Crippen molar-refractivity contribution in [3.05, 3.63) is 59.7 Å². The van der Waals surface area contributed by atoms with Gasteiger partial charge >= 0.3 is 5.97 Å². The van der Waals surface area contributed by atoms with Gasteiger partial charge in [0, 0.05) is 11.3 Å². The van der Waals surface area contributed by atoms with Crippen LogP contribution in [0.4, 0.5) is 5.69 Å². The van der Waals surface area contributed by atoms with E-state index in [9.17, 15) is 13.2 Å². The van der Waals surface area contributed by atoms with Crippen LogP contribution in [-0.2, 0) is 19.4 Å². The quantitative estimate of drug-likeness (QED) is 0.339. The normalized spacial score (nSPS) is 11.8. The van der Waals surface area contributed by atoms with Crippen LogP contribution in [0.15, 0.2) is 53.4 Å². The third-order valence-corrected chi connectivity index (χ3v) is 5.69. The summed E-state index contributed by atoms with van der Waals surface area (Å²) in [5.41, 5.74) is 7.10. The number of rotatable bonds is 8. The van der Waals surface area contributed by atoms with E-state index in [1.807, 2.05) is 0 Å². The summed E-state index contributed by atoms with van der Waals surface area (Å²) >= 11 is 0. The van der Waals surface area contributed by atoms with Crippen LogP contribution < -0.4 is 11.1 Å². The van der Waals surface area contributed by atoms with E-state index in [2.05, 4.69) is 5.32 Å². The number of carbonyl (C=O) groups excluding carboxylic acids is 1. The van der Waals surface area contributed by atoms with E-state index in [0.29, 0.717) is 16.8 Å². The van der Waals surface area contributed by atoms with E-state index in [4.69, 9.17) is 15.9 Å². The summed E-state index contributed by atoms with van der Waals surface area (Å²) in [7, 11) is -3.40. The van der Waals surface area contributed by atoms with Gasteiger partial charge < -0.3 is 15.8 Å². The summed E-state index contributed by atoms with van der Waals surface area (Å²) in [6, 6.07) is 12.1. The van der Waals surface area contributed by atoms with Gasteiger partial charge in [0.05, 0.1) is 17.3 Å². The molecule has 152 valence electrons. The second-order valence-electron chi connectivity index (χ2n) is 5.80. The Balaban J connectivity index is 0.00000392. The SMILES string of the molecule is CCOC(=O)C(Nc1ccc(C(=N)N)cc1)c1cccc(S(=O)(=O)CC)c1.Cl. The lowest BCUT2D eigenvalue weighted by Crippen LogP contribution is -2.24. The first kappa shape index (κ1) is 23.5. The molecule has 2 aromatic rings. The maximum absolute atomic E-state index is 12.5. The summed E-state index contributed by atoms with van der Waals surface area (Å²) in [6.45, 7) is 3.47. The van der Waals surface area contributed by atoms with Crippen LogP contribution in [0.25, 0.3) is 0 Å². The van der Waals surface area contributed by atoms with Crippen LogP contribution in [0, 0.1) is 5.41 Å². The molecule has 0 heterocycles. The van der Waals surface area contributed by atoms with Gasteiger partial charge in [-0.2, -0.15) is 0 Å². The summed E-state index contributed by atoms with van der Waals surface area (Å²) < 4.78 is 29.5. The van der Waals surface area contributed by atoms with E-state index in [1.165, 1.54) is 12.1 Å². The zero-order valence-corrected chi connectivity index (χ0v) is 17.3. The maximum Gasteiger partial charge on any atom is 0.333 e. The molecule has 0 bridgehead atoms. The zero-order chi connectivity index (χ0) is 20.0. The molecule has 0 aliphatic carbocycles. The molecule has 0 spiro atoms. The number of nitrogens with one attached hydrogen (secondary N) is 2. The lowest BCUT2D eigenvalue weighted by Gasteiger charge is -2.19. The number of benzene rings is 2. The van der Waals surface area contributed by atoms with Gasteiger partial charge in [0.2, 0.25) is 0 Å². The fraction of sp³-hybridized carbons (Fsp3) is 0.263. The molecule has 0 aliphatic rings. The average molecular weight is 426 g/mol. The molecule has 7 nitrogen and oxygen atoms in total. The number of anilines is 1. The molecule has 1 unspecified atom stereocenters. The van der Waals surface area contributed by atoms with Gasteiger partial charge in [0.15, 0.2) is 15.9 Å². The monoisotopic (exact) mass is 425 g/mol. The van der Waals surface area contributed by atoms with Crippen molar-refractivity contribution in [2.24, 2.45) is 5.73 Å². The number of hydrogen-bond acceptors (Lipinski definition) is 6. The first-order valence-corrected chi connectivity index (χ1v) is 10.1. The van der Waals surface area contributed by atoms with Gasteiger partial charge in [-0.25, -0.2) is 13.2 Å². The molecule has 1 atom stereocenters. The highest BCUT2D eigenvalue weighted by Crippen LogP contribution is 2.24. The largest absolute Gasteiger partial charge is 0.464 e. The molecule has 4 N–H and O–H groups in total. The van der Waals surface area contributed by atoms with Crippen molar-refractivity contribution in [1.29, 1.82) is 5.41 Å². The van der Waals surface area contributed by atoms with Crippen molar-refractivity contribution >= 4 is 39.7 Å². The standard InChI is InChI=1S/C19H23N3O4S.ClH/c1-3-26-19(23)17(22-15-10-8-13(9-11-15)18(20)21)14-6-5-7-16(12-14)27(24,25)4-2;/h5-12,17,22H,3-4H2,1-2H3,(H3,20,21);1H. The minimum absolute atomic E-state index is 0. The molecule has 0 amide bonds. The molecular formula is C19H24ClN3O4S. The molecule has 2 aromatic carbocycles. The van der Waals surface area contributed by atoms with E-state index < -0.39 is 21.8 Å². The third-order valence-electron chi connectivity index (χ3n) is 3.96. The fourth-order valence-corrected chi connectivity index (χ4v) is 3.41. The molecular weight excluding hydrogens is 402 g/mol. The number of hydrogen-bond donors (Lipinski definition) is 3. The molecule has 2 rings (SSSR count). The fourth-order valence-electron chi connectivity index (χ4n) is 2.47. The van der Waals surface area contributed by atoms with Crippen molar-refractivity contribution in [3.63, 3.8) is 0 Å². The maximum atomic E-state index is 12.5. The van der Waals surface area contributed by atoms with Crippen molar-refractivity contribution < 1.29 is 17.9 Å². The lowest BCUT2D eigenvalue weighted by atomic mass is 10.1. The number of nitrogens with two attached hydrogens (primary N) is 1. The summed E-state index contributed by atoms with van der Waals surface area (Å²) in [5, 5.41) is 10.5. The number of carbonyl (C=O) groups is 1. The lowest BCUT2D eigenvalue weighted by molar-refractivity contribution is -0.144. The van der Waals surface area contributed by atoms with Gasteiger partial charge in [-0.1, -0.05) is 19.1 Å². The van der Waals surface area contributed by atoms with Crippen LogP contribution >= 0.6 is 12.4 Å².